The molecule has 0 saturated carbocycles. The third-order valence-corrected chi connectivity index (χ3v) is 7.18. The fourth-order valence-corrected chi connectivity index (χ4v) is 5.85. The number of nitrogens with one attached hydrogen (secondary N) is 2. The zero-order valence-electron chi connectivity index (χ0n) is 13.2. The quantitative estimate of drug-likeness (QED) is 0.372. The first kappa shape index (κ1) is 20.3. The zero-order valence-corrected chi connectivity index (χ0v) is 17.2. The molecule has 22 heavy (non-hydrogen) atoms. The van der Waals surface area contributed by atoms with Crippen LogP contribution in [-0.4, -0.2) is 56.5 Å². The summed E-state index contributed by atoms with van der Waals surface area (Å²) in [5, 5.41) is 7.33. The predicted molar refractivity (Wildman–Crippen MR) is 106 cm³/mol. The van der Waals surface area contributed by atoms with Crippen molar-refractivity contribution < 1.29 is 8.42 Å². The van der Waals surface area contributed by atoms with Crippen LogP contribution in [0.2, 0.25) is 0 Å². The third kappa shape index (κ3) is 7.25. The summed E-state index contributed by atoms with van der Waals surface area (Å²) in [5.41, 5.74) is 0. The van der Waals surface area contributed by atoms with E-state index >= 15 is 0 Å². The normalized spacial score (nSPS) is 28.0. The third-order valence-electron chi connectivity index (χ3n) is 3.95. The van der Waals surface area contributed by atoms with Gasteiger partial charge in [-0.25, -0.2) is 8.42 Å². The van der Waals surface area contributed by atoms with Gasteiger partial charge in [-0.3, -0.25) is 4.99 Å². The van der Waals surface area contributed by atoms with Crippen molar-refractivity contribution in [2.75, 3.05) is 36.9 Å². The lowest BCUT2D eigenvalue weighted by atomic mass is 10.1. The number of thioether (sulfide) groups is 1. The fourth-order valence-electron chi connectivity index (χ4n) is 2.76. The van der Waals surface area contributed by atoms with Crippen LogP contribution in [0.5, 0.6) is 0 Å². The van der Waals surface area contributed by atoms with E-state index in [-0.39, 0.29) is 29.9 Å². The molecule has 2 N–H and O–H groups in total. The number of guanidine groups is 1. The lowest BCUT2D eigenvalue weighted by Crippen LogP contribution is -2.41. The van der Waals surface area contributed by atoms with Crippen molar-refractivity contribution in [1.82, 2.24) is 10.6 Å². The Labute approximate surface area is 155 Å². The maximum absolute atomic E-state index is 11.5. The van der Waals surface area contributed by atoms with E-state index < -0.39 is 9.84 Å². The van der Waals surface area contributed by atoms with Crippen LogP contribution in [0, 0.1) is 5.92 Å². The second-order valence-corrected chi connectivity index (χ2v) is 9.50. The van der Waals surface area contributed by atoms with Crippen molar-refractivity contribution in [1.29, 1.82) is 0 Å². The lowest BCUT2D eigenvalue weighted by Gasteiger charge is -2.22. The molecule has 0 aromatic carbocycles. The number of aliphatic imine (C=N–C) groups is 1. The Morgan fingerprint density at radius 1 is 1.27 bits per heavy atom. The Hall–Kier alpha value is 0.300. The van der Waals surface area contributed by atoms with Gasteiger partial charge >= 0.3 is 0 Å². The van der Waals surface area contributed by atoms with E-state index in [0.717, 1.165) is 25.5 Å². The smallest absolute Gasteiger partial charge is 0.191 e. The summed E-state index contributed by atoms with van der Waals surface area (Å²) in [4.78, 5) is 4.57. The van der Waals surface area contributed by atoms with E-state index in [9.17, 15) is 8.42 Å². The molecule has 2 rings (SSSR count). The summed E-state index contributed by atoms with van der Waals surface area (Å²) >= 11 is 2.04. The minimum atomic E-state index is -2.80. The molecule has 2 saturated heterocycles. The molecule has 2 aliphatic rings. The number of sulfone groups is 1. The van der Waals surface area contributed by atoms with Gasteiger partial charge in [0.15, 0.2) is 15.8 Å². The van der Waals surface area contributed by atoms with Crippen molar-refractivity contribution in [3.63, 3.8) is 0 Å². The van der Waals surface area contributed by atoms with E-state index in [1.54, 1.807) is 0 Å². The molecule has 8 heteroatoms. The van der Waals surface area contributed by atoms with Gasteiger partial charge in [0.2, 0.25) is 0 Å². The topological polar surface area (TPSA) is 70.6 Å². The van der Waals surface area contributed by atoms with Crippen LogP contribution in [0.4, 0.5) is 0 Å². The Bertz CT molecular complexity index is 451. The molecule has 2 fully saturated rings. The summed E-state index contributed by atoms with van der Waals surface area (Å²) in [6.07, 6.45) is 4.69. The Balaban J connectivity index is 0.00000242. The number of hydrogen-bond donors (Lipinski definition) is 2. The minimum absolute atomic E-state index is 0. The van der Waals surface area contributed by atoms with Crippen LogP contribution in [-0.2, 0) is 9.84 Å². The molecule has 0 aromatic rings. The average Bonchev–Trinajstić information content (AvgIpc) is 2.82. The molecule has 2 atom stereocenters. The van der Waals surface area contributed by atoms with Crippen molar-refractivity contribution in [3.05, 3.63) is 0 Å². The first-order chi connectivity index (χ1) is 10.1. The largest absolute Gasteiger partial charge is 0.357 e. The summed E-state index contributed by atoms with van der Waals surface area (Å²) in [6, 6.07) is 0. The first-order valence-corrected chi connectivity index (χ1v) is 10.8. The number of hydrogen-bond acceptors (Lipinski definition) is 4. The highest BCUT2D eigenvalue weighted by molar-refractivity contribution is 14.0. The van der Waals surface area contributed by atoms with Gasteiger partial charge in [0.05, 0.1) is 11.5 Å². The van der Waals surface area contributed by atoms with Gasteiger partial charge < -0.3 is 10.6 Å². The molecule has 130 valence electrons. The highest BCUT2D eigenvalue weighted by Gasteiger charge is 2.27. The molecule has 2 unspecified atom stereocenters. The van der Waals surface area contributed by atoms with Gasteiger partial charge in [-0.15, -0.1) is 24.0 Å². The standard InChI is InChI=1S/C14H27N3O2S2.HI/c1-2-15-14(17-10-13-5-3-4-7-20-13)16-9-12-6-8-21(18,19)11-12;/h12-13H,2-11H2,1H3,(H2,15,16,17);1H. The van der Waals surface area contributed by atoms with Crippen LogP contribution in [0.3, 0.4) is 0 Å². The molecule has 0 aromatic heterocycles. The lowest BCUT2D eigenvalue weighted by molar-refractivity contribution is 0.588. The van der Waals surface area contributed by atoms with Gasteiger partial charge in [0.25, 0.3) is 0 Å². The Kier molecular flexibility index (Phi) is 9.46. The number of halogens is 1. The van der Waals surface area contributed by atoms with Gasteiger partial charge in [-0.05, 0) is 37.9 Å². The van der Waals surface area contributed by atoms with Crippen LogP contribution in [0.1, 0.15) is 32.6 Å². The van der Waals surface area contributed by atoms with E-state index in [0.29, 0.717) is 23.3 Å². The van der Waals surface area contributed by atoms with Crippen LogP contribution < -0.4 is 10.6 Å². The van der Waals surface area contributed by atoms with E-state index in [4.69, 9.17) is 0 Å². The minimum Gasteiger partial charge on any atom is -0.357 e. The zero-order chi connectivity index (χ0) is 15.1. The molecule has 2 heterocycles. The second-order valence-electron chi connectivity index (χ2n) is 5.86. The number of rotatable bonds is 5. The number of nitrogens with zero attached hydrogens (tertiary/aromatic N) is 1. The molecule has 5 nitrogen and oxygen atoms in total. The van der Waals surface area contributed by atoms with Crippen LogP contribution in [0.15, 0.2) is 4.99 Å². The van der Waals surface area contributed by atoms with E-state index in [1.165, 1.54) is 25.0 Å². The molecule has 0 radical (unpaired) electrons. The van der Waals surface area contributed by atoms with Gasteiger partial charge in [0.1, 0.15) is 0 Å². The second kappa shape index (κ2) is 10.2. The SMILES string of the molecule is CCNC(=NCC1CCS(=O)(=O)C1)NCC1CCCCS1.I. The van der Waals surface area contributed by atoms with Gasteiger partial charge in [-0.1, -0.05) is 6.42 Å². The van der Waals surface area contributed by atoms with E-state index in [1.807, 2.05) is 18.7 Å². The first-order valence-electron chi connectivity index (χ1n) is 7.93. The highest BCUT2D eigenvalue weighted by Crippen LogP contribution is 2.24. The monoisotopic (exact) mass is 461 g/mol. The van der Waals surface area contributed by atoms with Gasteiger partial charge in [0, 0.05) is 24.9 Å². The molecular weight excluding hydrogens is 433 g/mol. The molecule has 2 aliphatic heterocycles. The summed E-state index contributed by atoms with van der Waals surface area (Å²) in [5.74, 6) is 2.91. The predicted octanol–water partition coefficient (Wildman–Crippen LogP) is 1.88. The van der Waals surface area contributed by atoms with Crippen molar-refractivity contribution in [3.8, 4) is 0 Å². The van der Waals surface area contributed by atoms with Crippen molar-refractivity contribution in [2.24, 2.45) is 10.9 Å². The van der Waals surface area contributed by atoms with Crippen molar-refractivity contribution >= 4 is 51.5 Å². The molecule has 0 aliphatic carbocycles. The summed E-state index contributed by atoms with van der Waals surface area (Å²) in [7, 11) is -2.80. The Morgan fingerprint density at radius 2 is 2.09 bits per heavy atom. The molecular formula is C14H28IN3O2S2. The van der Waals surface area contributed by atoms with Crippen LogP contribution >= 0.6 is 35.7 Å². The maximum atomic E-state index is 11.5. The maximum Gasteiger partial charge on any atom is 0.191 e. The highest BCUT2D eigenvalue weighted by atomic mass is 127. The molecule has 0 amide bonds. The Morgan fingerprint density at radius 3 is 2.68 bits per heavy atom. The average molecular weight is 461 g/mol. The fraction of sp³-hybridized carbons (Fsp3) is 0.929. The molecule has 0 bridgehead atoms. The van der Waals surface area contributed by atoms with Gasteiger partial charge in [-0.2, -0.15) is 11.8 Å². The molecule has 0 spiro atoms. The van der Waals surface area contributed by atoms with Crippen LogP contribution in [0.25, 0.3) is 0 Å². The van der Waals surface area contributed by atoms with Crippen molar-refractivity contribution in [2.45, 2.75) is 37.9 Å². The summed E-state index contributed by atoms with van der Waals surface area (Å²) in [6.45, 7) is 4.42. The summed E-state index contributed by atoms with van der Waals surface area (Å²) < 4.78 is 22.9. The van der Waals surface area contributed by atoms with E-state index in [2.05, 4.69) is 15.6 Å².